The lowest BCUT2D eigenvalue weighted by molar-refractivity contribution is 0.416. The fraction of sp³-hybridized carbons (Fsp3) is 0.154. The van der Waals surface area contributed by atoms with Crippen molar-refractivity contribution >= 4 is 11.6 Å². The zero-order valence-electron chi connectivity index (χ0n) is 9.94. The zero-order valence-corrected chi connectivity index (χ0v) is 10.7. The van der Waals surface area contributed by atoms with Gasteiger partial charge in [0.1, 0.15) is 11.8 Å². The Morgan fingerprint density at radius 3 is 2.72 bits per heavy atom. The fourth-order valence-electron chi connectivity index (χ4n) is 1.64. The van der Waals surface area contributed by atoms with Gasteiger partial charge in [0.05, 0.1) is 12.8 Å². The topological polar surface area (TPSA) is 58.8 Å². The highest BCUT2D eigenvalue weighted by Crippen LogP contribution is 2.31. The highest BCUT2D eigenvalue weighted by molar-refractivity contribution is 6.30. The minimum atomic E-state index is 0.132. The molecule has 0 atom stereocenters. The monoisotopic (exact) mass is 259 g/mol. The van der Waals surface area contributed by atoms with Crippen LogP contribution < -0.4 is 4.74 Å². The van der Waals surface area contributed by atoms with Gasteiger partial charge in [-0.05, 0) is 31.2 Å². The van der Waals surface area contributed by atoms with E-state index in [4.69, 9.17) is 21.6 Å². The van der Waals surface area contributed by atoms with Crippen molar-refractivity contribution in [3.8, 4) is 23.1 Å². The minimum Gasteiger partial charge on any atom is -0.496 e. The Kier molecular flexibility index (Phi) is 3.45. The molecule has 0 radical (unpaired) electrons. The summed E-state index contributed by atoms with van der Waals surface area (Å²) in [5.41, 5.74) is 2.09. The summed E-state index contributed by atoms with van der Waals surface area (Å²) in [4.78, 5) is 8.17. The average molecular weight is 260 g/mol. The van der Waals surface area contributed by atoms with E-state index < -0.39 is 0 Å². The molecule has 0 saturated heterocycles. The first-order valence-electron chi connectivity index (χ1n) is 5.23. The number of methoxy groups -OCH3 is 1. The van der Waals surface area contributed by atoms with Crippen LogP contribution in [0.2, 0.25) is 5.02 Å². The summed E-state index contributed by atoms with van der Waals surface area (Å²) in [6.45, 7) is 1.81. The normalized spacial score (nSPS) is 9.89. The van der Waals surface area contributed by atoms with E-state index in [0.717, 1.165) is 11.3 Å². The lowest BCUT2D eigenvalue weighted by Crippen LogP contribution is -1.96. The Hall–Kier alpha value is -2.12. The van der Waals surface area contributed by atoms with Crippen LogP contribution in [-0.2, 0) is 0 Å². The molecule has 1 aromatic carbocycles. The van der Waals surface area contributed by atoms with E-state index in [0.29, 0.717) is 16.5 Å². The van der Waals surface area contributed by atoms with Gasteiger partial charge in [0.25, 0.3) is 0 Å². The van der Waals surface area contributed by atoms with Crippen molar-refractivity contribution in [3.63, 3.8) is 0 Å². The first-order chi connectivity index (χ1) is 8.63. The van der Waals surface area contributed by atoms with E-state index in [2.05, 4.69) is 9.97 Å². The van der Waals surface area contributed by atoms with Gasteiger partial charge in [0, 0.05) is 16.3 Å². The number of benzene rings is 1. The van der Waals surface area contributed by atoms with Crippen molar-refractivity contribution in [2.24, 2.45) is 0 Å². The van der Waals surface area contributed by atoms with Gasteiger partial charge in [-0.3, -0.25) is 0 Å². The third-order valence-electron chi connectivity index (χ3n) is 2.39. The number of hydrogen-bond donors (Lipinski definition) is 0. The maximum absolute atomic E-state index is 8.88. The van der Waals surface area contributed by atoms with E-state index in [-0.39, 0.29) is 5.82 Å². The van der Waals surface area contributed by atoms with E-state index in [1.165, 1.54) is 0 Å². The number of rotatable bonds is 2. The highest BCUT2D eigenvalue weighted by Gasteiger charge is 2.10. The Morgan fingerprint density at radius 2 is 2.06 bits per heavy atom. The number of aryl methyl sites for hydroxylation is 1. The molecular formula is C13H10ClN3O. The van der Waals surface area contributed by atoms with E-state index in [1.807, 2.05) is 13.0 Å². The van der Waals surface area contributed by atoms with Crippen molar-refractivity contribution in [2.75, 3.05) is 7.11 Å². The fourth-order valence-corrected chi connectivity index (χ4v) is 1.81. The smallest absolute Gasteiger partial charge is 0.232 e. The Balaban J connectivity index is 2.65. The van der Waals surface area contributed by atoms with Gasteiger partial charge in [-0.2, -0.15) is 5.26 Å². The number of halogens is 1. The van der Waals surface area contributed by atoms with E-state index in [1.54, 1.807) is 31.4 Å². The third-order valence-corrected chi connectivity index (χ3v) is 2.63. The van der Waals surface area contributed by atoms with Crippen LogP contribution >= 0.6 is 11.6 Å². The quantitative estimate of drug-likeness (QED) is 0.832. The van der Waals surface area contributed by atoms with Gasteiger partial charge in [0.15, 0.2) is 0 Å². The molecule has 2 aromatic rings. The van der Waals surface area contributed by atoms with Gasteiger partial charge in [-0.15, -0.1) is 0 Å². The molecule has 4 nitrogen and oxygen atoms in total. The molecule has 1 heterocycles. The molecular weight excluding hydrogens is 250 g/mol. The molecule has 0 aliphatic heterocycles. The lowest BCUT2D eigenvalue weighted by Gasteiger charge is -2.09. The second-order valence-electron chi connectivity index (χ2n) is 3.67. The van der Waals surface area contributed by atoms with E-state index in [9.17, 15) is 0 Å². The van der Waals surface area contributed by atoms with Gasteiger partial charge in [0.2, 0.25) is 5.82 Å². The van der Waals surface area contributed by atoms with Crippen LogP contribution in [0.5, 0.6) is 5.75 Å². The predicted molar refractivity (Wildman–Crippen MR) is 68.5 cm³/mol. The lowest BCUT2D eigenvalue weighted by atomic mass is 10.1. The van der Waals surface area contributed by atoms with Crippen LogP contribution in [0.1, 0.15) is 11.5 Å². The highest BCUT2D eigenvalue weighted by atomic mass is 35.5. The molecule has 0 bridgehead atoms. The number of hydrogen-bond acceptors (Lipinski definition) is 4. The van der Waals surface area contributed by atoms with Crippen molar-refractivity contribution in [1.82, 2.24) is 9.97 Å². The minimum absolute atomic E-state index is 0.132. The summed E-state index contributed by atoms with van der Waals surface area (Å²) in [5, 5.41) is 9.47. The van der Waals surface area contributed by atoms with Gasteiger partial charge in [-0.25, -0.2) is 9.97 Å². The number of ether oxygens (including phenoxy) is 1. The molecule has 0 fully saturated rings. The molecule has 0 amide bonds. The Labute approximate surface area is 110 Å². The van der Waals surface area contributed by atoms with Gasteiger partial charge < -0.3 is 4.74 Å². The molecule has 2 rings (SSSR count). The third kappa shape index (κ3) is 2.41. The number of aromatic nitrogens is 2. The number of nitrogens with zero attached hydrogens (tertiary/aromatic N) is 3. The molecule has 0 spiro atoms. The summed E-state index contributed by atoms with van der Waals surface area (Å²) >= 11 is 5.97. The van der Waals surface area contributed by atoms with Crippen LogP contribution in [0.4, 0.5) is 0 Å². The second-order valence-corrected chi connectivity index (χ2v) is 4.11. The molecule has 18 heavy (non-hydrogen) atoms. The maximum atomic E-state index is 8.88. The van der Waals surface area contributed by atoms with Gasteiger partial charge >= 0.3 is 0 Å². The average Bonchev–Trinajstić information content (AvgIpc) is 2.38. The summed E-state index contributed by atoms with van der Waals surface area (Å²) in [7, 11) is 1.58. The Bertz CT molecular complexity index is 635. The first-order valence-corrected chi connectivity index (χ1v) is 5.61. The molecule has 0 N–H and O–H groups in total. The summed E-state index contributed by atoms with van der Waals surface area (Å²) in [6.07, 6.45) is 0. The summed E-state index contributed by atoms with van der Waals surface area (Å²) < 4.78 is 5.27. The maximum Gasteiger partial charge on any atom is 0.232 e. The van der Waals surface area contributed by atoms with Crippen molar-refractivity contribution < 1.29 is 4.74 Å². The van der Waals surface area contributed by atoms with Crippen molar-refractivity contribution in [3.05, 3.63) is 40.8 Å². The molecule has 0 aliphatic carbocycles. The molecule has 0 aliphatic rings. The molecule has 1 aromatic heterocycles. The molecule has 0 saturated carbocycles. The molecule has 90 valence electrons. The van der Waals surface area contributed by atoms with Crippen LogP contribution in [0.15, 0.2) is 24.3 Å². The molecule has 0 unspecified atom stereocenters. The molecule has 5 heteroatoms. The van der Waals surface area contributed by atoms with Crippen molar-refractivity contribution in [1.29, 1.82) is 5.26 Å². The second kappa shape index (κ2) is 5.03. The predicted octanol–water partition coefficient (Wildman–Crippen LogP) is 2.99. The summed E-state index contributed by atoms with van der Waals surface area (Å²) in [5.74, 6) is 0.786. The largest absolute Gasteiger partial charge is 0.496 e. The van der Waals surface area contributed by atoms with Crippen LogP contribution in [0.25, 0.3) is 11.3 Å². The summed E-state index contributed by atoms with van der Waals surface area (Å²) in [6, 6.07) is 8.98. The van der Waals surface area contributed by atoms with Crippen LogP contribution in [0, 0.1) is 18.3 Å². The first kappa shape index (κ1) is 12.3. The van der Waals surface area contributed by atoms with Crippen LogP contribution in [-0.4, -0.2) is 17.1 Å². The van der Waals surface area contributed by atoms with Crippen LogP contribution in [0.3, 0.4) is 0 Å². The van der Waals surface area contributed by atoms with Crippen molar-refractivity contribution in [2.45, 2.75) is 6.92 Å². The standard InChI is InChI=1S/C13H10ClN3O/c1-8-5-11(17-13(7-15)16-8)10-6-9(14)3-4-12(10)18-2/h3-6H,1-2H3. The number of nitriles is 1. The van der Waals surface area contributed by atoms with Gasteiger partial charge in [-0.1, -0.05) is 11.6 Å². The SMILES string of the molecule is COc1ccc(Cl)cc1-c1cc(C)nc(C#N)n1. The zero-order chi connectivity index (χ0) is 13.1. The van der Waals surface area contributed by atoms with E-state index >= 15 is 0 Å². The Morgan fingerprint density at radius 1 is 1.28 bits per heavy atom.